The van der Waals surface area contributed by atoms with Gasteiger partial charge in [0.25, 0.3) is 0 Å². The molecule has 1 aliphatic heterocycles. The van der Waals surface area contributed by atoms with Gasteiger partial charge in [-0.25, -0.2) is 0 Å². The van der Waals surface area contributed by atoms with E-state index in [4.69, 9.17) is 14.9 Å². The Bertz CT molecular complexity index is 147. The standard InChI is InChI=1S/C8H17NO4/c10-4-7(11)3-9-5-8(12)1-2-13-6-8/h7,9-12H,1-6H2. The predicted molar refractivity (Wildman–Crippen MR) is 46.3 cm³/mol. The molecule has 2 unspecified atom stereocenters. The second-order valence-corrected chi connectivity index (χ2v) is 3.49. The molecule has 5 heteroatoms. The van der Waals surface area contributed by atoms with Crippen molar-refractivity contribution in [1.29, 1.82) is 0 Å². The summed E-state index contributed by atoms with van der Waals surface area (Å²) < 4.78 is 5.04. The van der Waals surface area contributed by atoms with Crippen LogP contribution in [0.5, 0.6) is 0 Å². The van der Waals surface area contributed by atoms with Gasteiger partial charge in [0.05, 0.1) is 19.3 Å². The van der Waals surface area contributed by atoms with Crippen LogP contribution in [0.25, 0.3) is 0 Å². The van der Waals surface area contributed by atoms with E-state index in [2.05, 4.69) is 5.32 Å². The predicted octanol–water partition coefficient (Wildman–Crippen LogP) is -1.92. The second-order valence-electron chi connectivity index (χ2n) is 3.49. The first-order valence-electron chi connectivity index (χ1n) is 4.46. The smallest absolute Gasteiger partial charge is 0.102 e. The lowest BCUT2D eigenvalue weighted by atomic mass is 10.0. The van der Waals surface area contributed by atoms with E-state index in [9.17, 15) is 5.11 Å². The van der Waals surface area contributed by atoms with Gasteiger partial charge in [0, 0.05) is 26.1 Å². The molecule has 1 saturated heterocycles. The maximum absolute atomic E-state index is 9.75. The Morgan fingerprint density at radius 1 is 1.54 bits per heavy atom. The number of hydrogen-bond acceptors (Lipinski definition) is 5. The van der Waals surface area contributed by atoms with Gasteiger partial charge in [-0.3, -0.25) is 0 Å². The van der Waals surface area contributed by atoms with E-state index < -0.39 is 11.7 Å². The third-order valence-corrected chi connectivity index (χ3v) is 2.13. The molecule has 4 N–H and O–H groups in total. The Hall–Kier alpha value is -0.200. The van der Waals surface area contributed by atoms with Crippen molar-refractivity contribution in [2.45, 2.75) is 18.1 Å². The van der Waals surface area contributed by atoms with Crippen molar-refractivity contribution in [1.82, 2.24) is 5.32 Å². The molecular formula is C8H17NO4. The maximum atomic E-state index is 9.75. The number of nitrogens with one attached hydrogen (secondary N) is 1. The molecule has 0 radical (unpaired) electrons. The molecule has 0 bridgehead atoms. The van der Waals surface area contributed by atoms with Crippen molar-refractivity contribution in [2.75, 3.05) is 32.9 Å². The zero-order valence-corrected chi connectivity index (χ0v) is 7.57. The summed E-state index contributed by atoms with van der Waals surface area (Å²) in [5.74, 6) is 0. The van der Waals surface area contributed by atoms with E-state index >= 15 is 0 Å². The average molecular weight is 191 g/mol. The summed E-state index contributed by atoms with van der Waals surface area (Å²) in [5.41, 5.74) is -0.796. The zero-order chi connectivity index (χ0) is 9.73. The van der Waals surface area contributed by atoms with Crippen molar-refractivity contribution in [3.05, 3.63) is 0 Å². The van der Waals surface area contributed by atoms with Crippen molar-refractivity contribution < 1.29 is 20.1 Å². The van der Waals surface area contributed by atoms with Crippen LogP contribution in [0.2, 0.25) is 0 Å². The van der Waals surface area contributed by atoms with Crippen LogP contribution in [0.4, 0.5) is 0 Å². The monoisotopic (exact) mass is 191 g/mol. The molecule has 0 aromatic rings. The molecule has 78 valence electrons. The second kappa shape index (κ2) is 4.88. The highest BCUT2D eigenvalue weighted by Crippen LogP contribution is 2.16. The van der Waals surface area contributed by atoms with Crippen LogP contribution in [-0.4, -0.2) is 59.9 Å². The van der Waals surface area contributed by atoms with Gasteiger partial charge in [0.2, 0.25) is 0 Å². The summed E-state index contributed by atoms with van der Waals surface area (Å²) in [5, 5.41) is 30.1. The van der Waals surface area contributed by atoms with Gasteiger partial charge < -0.3 is 25.4 Å². The van der Waals surface area contributed by atoms with Crippen molar-refractivity contribution >= 4 is 0 Å². The summed E-state index contributed by atoms with van der Waals surface area (Å²) in [6.07, 6.45) is -0.138. The van der Waals surface area contributed by atoms with E-state index in [-0.39, 0.29) is 6.61 Å². The van der Waals surface area contributed by atoms with Crippen LogP contribution < -0.4 is 5.32 Å². The summed E-state index contributed by atoms with van der Waals surface area (Å²) in [6.45, 7) is 1.35. The fourth-order valence-electron chi connectivity index (χ4n) is 1.27. The molecule has 0 aromatic carbocycles. The van der Waals surface area contributed by atoms with E-state index in [1.807, 2.05) is 0 Å². The number of ether oxygens (including phenoxy) is 1. The Kier molecular flexibility index (Phi) is 4.08. The topological polar surface area (TPSA) is 82.0 Å². The highest BCUT2D eigenvalue weighted by Gasteiger charge is 2.31. The first kappa shape index (κ1) is 10.9. The van der Waals surface area contributed by atoms with E-state index in [0.29, 0.717) is 32.7 Å². The van der Waals surface area contributed by atoms with Crippen LogP contribution in [-0.2, 0) is 4.74 Å². The largest absolute Gasteiger partial charge is 0.394 e. The fourth-order valence-corrected chi connectivity index (χ4v) is 1.27. The molecule has 0 aliphatic carbocycles. The molecule has 1 rings (SSSR count). The molecule has 0 aromatic heterocycles. The van der Waals surface area contributed by atoms with Crippen LogP contribution in [0, 0.1) is 0 Å². The molecule has 13 heavy (non-hydrogen) atoms. The minimum absolute atomic E-state index is 0.262. The van der Waals surface area contributed by atoms with Gasteiger partial charge in [0.15, 0.2) is 0 Å². The lowest BCUT2D eigenvalue weighted by Gasteiger charge is -2.21. The Morgan fingerprint density at radius 2 is 2.31 bits per heavy atom. The lowest BCUT2D eigenvalue weighted by Crippen LogP contribution is -2.43. The van der Waals surface area contributed by atoms with Gasteiger partial charge in [0.1, 0.15) is 5.60 Å². The molecule has 0 amide bonds. The van der Waals surface area contributed by atoms with Crippen molar-refractivity contribution in [3.63, 3.8) is 0 Å². The van der Waals surface area contributed by atoms with Gasteiger partial charge in [-0.05, 0) is 0 Å². The molecular weight excluding hydrogens is 174 g/mol. The number of aliphatic hydroxyl groups excluding tert-OH is 2. The van der Waals surface area contributed by atoms with Crippen LogP contribution >= 0.6 is 0 Å². The maximum Gasteiger partial charge on any atom is 0.102 e. The first-order valence-corrected chi connectivity index (χ1v) is 4.46. The molecule has 1 heterocycles. The Labute approximate surface area is 77.3 Å². The molecule has 2 atom stereocenters. The minimum Gasteiger partial charge on any atom is -0.394 e. The number of rotatable bonds is 5. The molecule has 0 saturated carbocycles. The highest BCUT2D eigenvalue weighted by atomic mass is 16.5. The summed E-state index contributed by atoms with van der Waals surface area (Å²) in [4.78, 5) is 0. The normalized spacial score (nSPS) is 30.7. The van der Waals surface area contributed by atoms with Crippen LogP contribution in [0.15, 0.2) is 0 Å². The highest BCUT2D eigenvalue weighted by molar-refractivity contribution is 4.85. The van der Waals surface area contributed by atoms with Gasteiger partial charge in [-0.2, -0.15) is 0 Å². The van der Waals surface area contributed by atoms with Crippen molar-refractivity contribution in [2.24, 2.45) is 0 Å². The first-order chi connectivity index (χ1) is 6.16. The molecule has 0 spiro atoms. The fraction of sp³-hybridized carbons (Fsp3) is 1.00. The lowest BCUT2D eigenvalue weighted by molar-refractivity contribution is 0.0219. The Balaban J connectivity index is 2.11. The van der Waals surface area contributed by atoms with E-state index in [1.165, 1.54) is 0 Å². The van der Waals surface area contributed by atoms with E-state index in [1.54, 1.807) is 0 Å². The van der Waals surface area contributed by atoms with Crippen LogP contribution in [0.1, 0.15) is 6.42 Å². The number of aliphatic hydroxyl groups is 3. The third kappa shape index (κ3) is 3.58. The zero-order valence-electron chi connectivity index (χ0n) is 7.57. The van der Waals surface area contributed by atoms with Crippen molar-refractivity contribution in [3.8, 4) is 0 Å². The summed E-state index contributed by atoms with van der Waals surface area (Å²) >= 11 is 0. The third-order valence-electron chi connectivity index (χ3n) is 2.13. The van der Waals surface area contributed by atoms with Gasteiger partial charge >= 0.3 is 0 Å². The Morgan fingerprint density at radius 3 is 2.85 bits per heavy atom. The SMILES string of the molecule is OCC(O)CNCC1(O)CCOC1. The average Bonchev–Trinajstić information content (AvgIpc) is 2.52. The number of hydrogen-bond donors (Lipinski definition) is 4. The molecule has 1 aliphatic rings. The van der Waals surface area contributed by atoms with Gasteiger partial charge in [-0.1, -0.05) is 0 Å². The van der Waals surface area contributed by atoms with Crippen LogP contribution in [0.3, 0.4) is 0 Å². The molecule has 5 nitrogen and oxygen atoms in total. The molecule has 1 fully saturated rings. The quantitative estimate of drug-likeness (QED) is 0.407. The van der Waals surface area contributed by atoms with E-state index in [0.717, 1.165) is 0 Å². The van der Waals surface area contributed by atoms with Gasteiger partial charge in [-0.15, -0.1) is 0 Å². The summed E-state index contributed by atoms with van der Waals surface area (Å²) in [6, 6.07) is 0. The minimum atomic E-state index is -0.796. The summed E-state index contributed by atoms with van der Waals surface area (Å²) in [7, 11) is 0.